The first-order valence-electron chi connectivity index (χ1n) is 7.20. The van der Waals surface area contributed by atoms with Gasteiger partial charge >= 0.3 is 0 Å². The number of nitrogens with one attached hydrogen (secondary N) is 1. The lowest BCUT2D eigenvalue weighted by atomic mass is 9.96. The largest absolute Gasteiger partial charge is 0.314 e. The van der Waals surface area contributed by atoms with Crippen molar-refractivity contribution in [3.05, 3.63) is 69.9 Å². The van der Waals surface area contributed by atoms with Gasteiger partial charge in [-0.05, 0) is 17.7 Å². The Labute approximate surface area is 133 Å². The highest BCUT2D eigenvalue weighted by molar-refractivity contribution is 9.10. The molecule has 1 atom stereocenters. The van der Waals surface area contributed by atoms with E-state index >= 15 is 0 Å². The van der Waals surface area contributed by atoms with Gasteiger partial charge in [-0.15, -0.1) is 0 Å². The lowest BCUT2D eigenvalue weighted by Gasteiger charge is -2.35. The Balaban J connectivity index is 2.02. The first-order valence-corrected chi connectivity index (χ1v) is 7.99. The summed E-state index contributed by atoms with van der Waals surface area (Å²) in [5.74, 6) is -0.156. The Kier molecular flexibility index (Phi) is 4.68. The van der Waals surface area contributed by atoms with Crippen LogP contribution in [0.5, 0.6) is 0 Å². The number of hydrogen-bond donors (Lipinski definition) is 1. The molecule has 1 aliphatic rings. The zero-order chi connectivity index (χ0) is 14.7. The van der Waals surface area contributed by atoms with Crippen molar-refractivity contribution in [1.29, 1.82) is 0 Å². The van der Waals surface area contributed by atoms with Crippen LogP contribution in [0.15, 0.2) is 53.0 Å². The molecule has 1 N–H and O–H groups in total. The Hall–Kier alpha value is -1.23. The molecule has 21 heavy (non-hydrogen) atoms. The van der Waals surface area contributed by atoms with Gasteiger partial charge in [0.1, 0.15) is 5.82 Å². The zero-order valence-corrected chi connectivity index (χ0v) is 13.3. The molecule has 1 fully saturated rings. The number of rotatable bonds is 3. The Bertz CT molecular complexity index is 597. The summed E-state index contributed by atoms with van der Waals surface area (Å²) in [6, 6.07) is 15.5. The highest BCUT2D eigenvalue weighted by Gasteiger charge is 2.26. The van der Waals surface area contributed by atoms with Gasteiger partial charge in [0.15, 0.2) is 0 Å². The second-order valence-electron chi connectivity index (χ2n) is 5.27. The second-order valence-corrected chi connectivity index (χ2v) is 6.18. The van der Waals surface area contributed by atoms with Crippen molar-refractivity contribution in [3.63, 3.8) is 0 Å². The van der Waals surface area contributed by atoms with E-state index < -0.39 is 0 Å². The molecule has 2 nitrogen and oxygen atoms in total. The van der Waals surface area contributed by atoms with Crippen LogP contribution in [0, 0.1) is 5.82 Å². The molecular weight excluding hydrogens is 331 g/mol. The second kappa shape index (κ2) is 6.69. The fraction of sp³-hybridized carbons (Fsp3) is 0.294. The lowest BCUT2D eigenvalue weighted by Crippen LogP contribution is -2.45. The van der Waals surface area contributed by atoms with Crippen molar-refractivity contribution < 1.29 is 4.39 Å². The Morgan fingerprint density at radius 1 is 1.05 bits per heavy atom. The molecule has 0 aromatic heterocycles. The molecule has 0 saturated carbocycles. The third-order valence-corrected chi connectivity index (χ3v) is 4.38. The van der Waals surface area contributed by atoms with Crippen LogP contribution >= 0.6 is 15.9 Å². The van der Waals surface area contributed by atoms with Crippen LogP contribution < -0.4 is 5.32 Å². The van der Waals surface area contributed by atoms with Gasteiger partial charge in [0.2, 0.25) is 0 Å². The molecule has 2 aromatic rings. The molecule has 2 aromatic carbocycles. The summed E-state index contributed by atoms with van der Waals surface area (Å²) < 4.78 is 15.2. The number of hydrogen-bond acceptors (Lipinski definition) is 2. The predicted molar refractivity (Wildman–Crippen MR) is 86.8 cm³/mol. The van der Waals surface area contributed by atoms with E-state index in [1.165, 1.54) is 0 Å². The normalized spacial score (nSPS) is 17.6. The van der Waals surface area contributed by atoms with E-state index in [1.54, 1.807) is 6.07 Å². The minimum Gasteiger partial charge on any atom is -0.314 e. The molecule has 0 radical (unpaired) electrons. The maximum absolute atomic E-state index is 14.5. The van der Waals surface area contributed by atoms with E-state index in [1.807, 2.05) is 30.3 Å². The van der Waals surface area contributed by atoms with Gasteiger partial charge in [0, 0.05) is 36.2 Å². The number of nitrogens with zero attached hydrogens (tertiary/aromatic N) is 1. The monoisotopic (exact) mass is 348 g/mol. The quantitative estimate of drug-likeness (QED) is 0.911. The van der Waals surface area contributed by atoms with Crippen molar-refractivity contribution in [1.82, 2.24) is 10.2 Å². The molecule has 1 aliphatic heterocycles. The zero-order valence-electron chi connectivity index (χ0n) is 11.7. The summed E-state index contributed by atoms with van der Waals surface area (Å²) in [4.78, 5) is 2.35. The summed E-state index contributed by atoms with van der Waals surface area (Å²) in [5.41, 5.74) is 1.88. The van der Waals surface area contributed by atoms with Gasteiger partial charge in [-0.1, -0.05) is 52.3 Å². The molecular formula is C17H18BrFN2. The predicted octanol–water partition coefficient (Wildman–Crippen LogP) is 3.58. The van der Waals surface area contributed by atoms with Crippen LogP contribution in [0.1, 0.15) is 17.2 Å². The van der Waals surface area contributed by atoms with Gasteiger partial charge in [-0.25, -0.2) is 4.39 Å². The maximum Gasteiger partial charge on any atom is 0.129 e. The van der Waals surface area contributed by atoms with Crippen LogP contribution in [0.4, 0.5) is 4.39 Å². The molecule has 0 bridgehead atoms. The van der Waals surface area contributed by atoms with Gasteiger partial charge in [0.25, 0.3) is 0 Å². The standard InChI is InChI=1S/C17H18BrFN2/c18-14-6-7-15(16(19)12-14)17(13-4-2-1-3-5-13)21-10-8-20-9-11-21/h1-7,12,17,20H,8-11H2. The fourth-order valence-electron chi connectivity index (χ4n) is 2.89. The van der Waals surface area contributed by atoms with Crippen LogP contribution in [0.2, 0.25) is 0 Å². The molecule has 0 spiro atoms. The smallest absolute Gasteiger partial charge is 0.129 e. The molecule has 0 aliphatic carbocycles. The lowest BCUT2D eigenvalue weighted by molar-refractivity contribution is 0.195. The van der Waals surface area contributed by atoms with Crippen molar-refractivity contribution in [2.75, 3.05) is 26.2 Å². The molecule has 1 unspecified atom stereocenters. The minimum absolute atomic E-state index is 0.0265. The van der Waals surface area contributed by atoms with Crippen LogP contribution in [0.25, 0.3) is 0 Å². The molecule has 3 rings (SSSR count). The van der Waals surface area contributed by atoms with E-state index in [0.717, 1.165) is 41.8 Å². The molecule has 4 heteroatoms. The summed E-state index contributed by atoms with van der Waals surface area (Å²) in [7, 11) is 0. The summed E-state index contributed by atoms with van der Waals surface area (Å²) in [5, 5.41) is 3.35. The molecule has 110 valence electrons. The maximum atomic E-state index is 14.5. The van der Waals surface area contributed by atoms with Crippen LogP contribution in [-0.2, 0) is 0 Å². The van der Waals surface area contributed by atoms with E-state index in [2.05, 4.69) is 38.3 Å². The highest BCUT2D eigenvalue weighted by atomic mass is 79.9. The van der Waals surface area contributed by atoms with Crippen LogP contribution in [-0.4, -0.2) is 31.1 Å². The Morgan fingerprint density at radius 2 is 1.76 bits per heavy atom. The van der Waals surface area contributed by atoms with Gasteiger partial charge in [0.05, 0.1) is 6.04 Å². The van der Waals surface area contributed by atoms with E-state index in [0.29, 0.717) is 0 Å². The SMILES string of the molecule is Fc1cc(Br)ccc1C(c1ccccc1)N1CCNCC1. The fourth-order valence-corrected chi connectivity index (χ4v) is 3.22. The van der Waals surface area contributed by atoms with Crippen molar-refractivity contribution in [2.24, 2.45) is 0 Å². The third kappa shape index (κ3) is 3.34. The number of benzene rings is 2. The molecule has 0 amide bonds. The molecule has 1 heterocycles. The summed E-state index contributed by atoms with van der Waals surface area (Å²) in [6.45, 7) is 3.74. The van der Waals surface area contributed by atoms with Gasteiger partial charge in [-0.3, -0.25) is 4.90 Å². The average Bonchev–Trinajstić information content (AvgIpc) is 2.52. The van der Waals surface area contributed by atoms with E-state index in [9.17, 15) is 4.39 Å². The summed E-state index contributed by atoms with van der Waals surface area (Å²) >= 11 is 3.33. The highest BCUT2D eigenvalue weighted by Crippen LogP contribution is 2.31. The van der Waals surface area contributed by atoms with Crippen LogP contribution in [0.3, 0.4) is 0 Å². The Morgan fingerprint density at radius 3 is 2.43 bits per heavy atom. The topological polar surface area (TPSA) is 15.3 Å². The molecule has 1 saturated heterocycles. The first-order chi connectivity index (χ1) is 10.3. The van der Waals surface area contributed by atoms with Gasteiger partial charge in [-0.2, -0.15) is 0 Å². The summed E-state index contributed by atoms with van der Waals surface area (Å²) in [6.07, 6.45) is 0. The van der Waals surface area contributed by atoms with E-state index in [4.69, 9.17) is 0 Å². The minimum atomic E-state index is -0.156. The number of piperazine rings is 1. The van der Waals surface area contributed by atoms with Crippen molar-refractivity contribution >= 4 is 15.9 Å². The number of halogens is 2. The van der Waals surface area contributed by atoms with E-state index in [-0.39, 0.29) is 11.9 Å². The van der Waals surface area contributed by atoms with Crippen molar-refractivity contribution in [2.45, 2.75) is 6.04 Å². The average molecular weight is 349 g/mol. The third-order valence-electron chi connectivity index (χ3n) is 3.89. The van der Waals surface area contributed by atoms with Crippen molar-refractivity contribution in [3.8, 4) is 0 Å². The first kappa shape index (κ1) is 14.7. The van der Waals surface area contributed by atoms with Gasteiger partial charge < -0.3 is 5.32 Å².